The van der Waals surface area contributed by atoms with E-state index in [2.05, 4.69) is 20.7 Å². The van der Waals surface area contributed by atoms with Crippen LogP contribution in [-0.2, 0) is 0 Å². The molecular formula is C22H19N5O3. The van der Waals surface area contributed by atoms with Crippen LogP contribution in [-0.4, -0.2) is 33.5 Å². The van der Waals surface area contributed by atoms with Crippen molar-refractivity contribution in [3.05, 3.63) is 83.8 Å². The number of hydrogen-bond donors (Lipinski definition) is 2. The second-order valence-corrected chi connectivity index (χ2v) is 6.56. The van der Waals surface area contributed by atoms with Crippen molar-refractivity contribution in [2.75, 3.05) is 17.7 Å². The molecule has 0 saturated heterocycles. The van der Waals surface area contributed by atoms with Crippen molar-refractivity contribution >= 4 is 28.8 Å². The molecule has 0 saturated carbocycles. The first-order valence-corrected chi connectivity index (χ1v) is 9.22. The van der Waals surface area contributed by atoms with Gasteiger partial charge in [0.05, 0.1) is 12.8 Å². The lowest BCUT2D eigenvalue weighted by molar-refractivity contribution is 0.102. The minimum Gasteiger partial charge on any atom is -0.497 e. The summed E-state index contributed by atoms with van der Waals surface area (Å²) >= 11 is 0. The van der Waals surface area contributed by atoms with Crippen molar-refractivity contribution < 1.29 is 14.3 Å². The van der Waals surface area contributed by atoms with E-state index in [9.17, 15) is 9.59 Å². The van der Waals surface area contributed by atoms with Crippen LogP contribution >= 0.6 is 0 Å². The molecule has 2 heterocycles. The topological polar surface area (TPSA) is 97.6 Å². The van der Waals surface area contributed by atoms with Gasteiger partial charge >= 0.3 is 0 Å². The lowest BCUT2D eigenvalue weighted by Gasteiger charge is -2.08. The molecule has 0 unspecified atom stereocenters. The largest absolute Gasteiger partial charge is 0.497 e. The van der Waals surface area contributed by atoms with Crippen LogP contribution < -0.4 is 15.4 Å². The number of ether oxygens (including phenoxy) is 1. The molecule has 4 rings (SSSR count). The number of nitrogens with one attached hydrogen (secondary N) is 2. The molecule has 0 fully saturated rings. The minimum atomic E-state index is -0.309. The maximum Gasteiger partial charge on any atom is 0.261 e. The average Bonchev–Trinajstić information content (AvgIpc) is 3.10. The number of aromatic nitrogens is 3. The Kier molecular flexibility index (Phi) is 5.13. The van der Waals surface area contributed by atoms with E-state index in [1.165, 1.54) is 0 Å². The SMILES string of the molecule is COc1ccc(NC(=O)c2ccc(NC(=O)c3c(C)nn4cccnc34)cc2)cc1. The Balaban J connectivity index is 1.45. The monoisotopic (exact) mass is 401 g/mol. The van der Waals surface area contributed by atoms with Crippen LogP contribution in [0.15, 0.2) is 67.0 Å². The van der Waals surface area contributed by atoms with E-state index in [1.54, 1.807) is 85.5 Å². The standard InChI is InChI=1S/C22H19N5O3/c1-14-19(20-23-12-3-13-27(20)26-14)22(29)25-16-6-4-15(5-7-16)21(28)24-17-8-10-18(30-2)11-9-17/h3-13H,1-2H3,(H,24,28)(H,25,29). The Morgan fingerprint density at radius 2 is 1.57 bits per heavy atom. The molecule has 0 spiro atoms. The number of aryl methyl sites for hydroxylation is 1. The summed E-state index contributed by atoms with van der Waals surface area (Å²) in [5.74, 6) is 0.155. The van der Waals surface area contributed by atoms with Gasteiger partial charge in [0.15, 0.2) is 5.65 Å². The molecule has 8 nitrogen and oxygen atoms in total. The van der Waals surface area contributed by atoms with E-state index >= 15 is 0 Å². The van der Waals surface area contributed by atoms with Gasteiger partial charge in [0, 0.05) is 29.3 Å². The van der Waals surface area contributed by atoms with Crippen molar-refractivity contribution in [2.24, 2.45) is 0 Å². The van der Waals surface area contributed by atoms with Crippen molar-refractivity contribution in [1.29, 1.82) is 0 Å². The summed E-state index contributed by atoms with van der Waals surface area (Å²) in [5, 5.41) is 9.94. The molecule has 0 aliphatic carbocycles. The van der Waals surface area contributed by atoms with E-state index < -0.39 is 0 Å². The number of carbonyl (C=O) groups excluding carboxylic acids is 2. The summed E-state index contributed by atoms with van der Waals surface area (Å²) in [6.07, 6.45) is 3.35. The van der Waals surface area contributed by atoms with Crippen molar-refractivity contribution in [3.63, 3.8) is 0 Å². The number of fused-ring (bicyclic) bond motifs is 1. The summed E-state index contributed by atoms with van der Waals surface area (Å²) in [6.45, 7) is 1.76. The highest BCUT2D eigenvalue weighted by atomic mass is 16.5. The summed E-state index contributed by atoms with van der Waals surface area (Å²) in [7, 11) is 1.58. The molecule has 2 N–H and O–H groups in total. The molecule has 30 heavy (non-hydrogen) atoms. The Morgan fingerprint density at radius 3 is 2.23 bits per heavy atom. The van der Waals surface area contributed by atoms with Crippen molar-refractivity contribution in [2.45, 2.75) is 6.92 Å². The van der Waals surface area contributed by atoms with Gasteiger partial charge in [0.25, 0.3) is 11.8 Å². The third-order valence-corrected chi connectivity index (χ3v) is 4.55. The van der Waals surface area contributed by atoms with Gasteiger partial charge in [-0.05, 0) is 61.5 Å². The summed E-state index contributed by atoms with van der Waals surface area (Å²) < 4.78 is 6.67. The number of rotatable bonds is 5. The Hall–Kier alpha value is -4.20. The van der Waals surface area contributed by atoms with E-state index in [1.807, 2.05) is 0 Å². The van der Waals surface area contributed by atoms with Crippen molar-refractivity contribution in [3.8, 4) is 5.75 Å². The minimum absolute atomic E-state index is 0.249. The predicted molar refractivity (Wildman–Crippen MR) is 113 cm³/mol. The fourth-order valence-electron chi connectivity index (χ4n) is 3.04. The van der Waals surface area contributed by atoms with Crippen LogP contribution in [0.2, 0.25) is 0 Å². The Labute approximate surface area is 172 Å². The molecule has 4 aromatic rings. The van der Waals surface area contributed by atoms with Crippen LogP contribution in [0.4, 0.5) is 11.4 Å². The maximum atomic E-state index is 12.7. The number of benzene rings is 2. The maximum absolute atomic E-state index is 12.7. The first-order chi connectivity index (χ1) is 14.5. The zero-order chi connectivity index (χ0) is 21.1. The highest BCUT2D eigenvalue weighted by Crippen LogP contribution is 2.18. The van der Waals surface area contributed by atoms with Gasteiger partial charge in [-0.3, -0.25) is 9.59 Å². The Bertz CT molecular complexity index is 1210. The molecule has 0 aliphatic rings. The number of carbonyl (C=O) groups is 2. The molecule has 2 amide bonds. The molecule has 8 heteroatoms. The number of amides is 2. The molecule has 2 aromatic heterocycles. The number of nitrogens with zero attached hydrogens (tertiary/aromatic N) is 3. The van der Waals surface area contributed by atoms with Gasteiger partial charge in [-0.2, -0.15) is 5.10 Å². The zero-order valence-electron chi connectivity index (χ0n) is 16.4. The fourth-order valence-corrected chi connectivity index (χ4v) is 3.04. The van der Waals surface area contributed by atoms with Crippen LogP contribution in [0.5, 0.6) is 5.75 Å². The van der Waals surface area contributed by atoms with Gasteiger partial charge in [-0.25, -0.2) is 9.50 Å². The molecule has 0 radical (unpaired) electrons. The van der Waals surface area contributed by atoms with Gasteiger partial charge in [-0.1, -0.05) is 0 Å². The lowest BCUT2D eigenvalue weighted by Crippen LogP contribution is -2.14. The number of methoxy groups -OCH3 is 1. The van der Waals surface area contributed by atoms with Crippen LogP contribution in [0.25, 0.3) is 5.65 Å². The van der Waals surface area contributed by atoms with Gasteiger partial charge in [-0.15, -0.1) is 0 Å². The van der Waals surface area contributed by atoms with E-state index in [0.29, 0.717) is 39.6 Å². The van der Waals surface area contributed by atoms with Gasteiger partial charge in [0.2, 0.25) is 0 Å². The molecule has 0 bridgehead atoms. The zero-order valence-corrected chi connectivity index (χ0v) is 16.4. The average molecular weight is 401 g/mol. The summed E-state index contributed by atoms with van der Waals surface area (Å²) in [5.41, 5.74) is 3.18. The summed E-state index contributed by atoms with van der Waals surface area (Å²) in [6, 6.07) is 15.5. The number of hydrogen-bond acceptors (Lipinski definition) is 5. The lowest BCUT2D eigenvalue weighted by atomic mass is 10.1. The van der Waals surface area contributed by atoms with Gasteiger partial charge in [0.1, 0.15) is 11.3 Å². The third-order valence-electron chi connectivity index (χ3n) is 4.55. The molecule has 0 atom stereocenters. The summed E-state index contributed by atoms with van der Waals surface area (Å²) in [4.78, 5) is 29.4. The Morgan fingerprint density at radius 1 is 0.933 bits per heavy atom. The fraction of sp³-hybridized carbons (Fsp3) is 0.0909. The molecule has 2 aromatic carbocycles. The van der Waals surface area contributed by atoms with Crippen LogP contribution in [0.3, 0.4) is 0 Å². The normalized spacial score (nSPS) is 10.6. The highest BCUT2D eigenvalue weighted by molar-refractivity contribution is 6.09. The van der Waals surface area contributed by atoms with Crippen LogP contribution in [0, 0.1) is 6.92 Å². The third kappa shape index (κ3) is 3.83. The molecule has 150 valence electrons. The highest BCUT2D eigenvalue weighted by Gasteiger charge is 2.18. The van der Waals surface area contributed by atoms with Gasteiger partial charge < -0.3 is 15.4 Å². The molecular weight excluding hydrogens is 382 g/mol. The molecule has 0 aliphatic heterocycles. The van der Waals surface area contributed by atoms with Crippen LogP contribution in [0.1, 0.15) is 26.4 Å². The predicted octanol–water partition coefficient (Wildman–Crippen LogP) is 3.55. The smallest absolute Gasteiger partial charge is 0.261 e. The number of anilines is 2. The van der Waals surface area contributed by atoms with E-state index in [4.69, 9.17) is 4.74 Å². The quantitative estimate of drug-likeness (QED) is 0.533. The first kappa shape index (κ1) is 19.1. The van der Waals surface area contributed by atoms with E-state index in [-0.39, 0.29) is 11.8 Å². The second-order valence-electron chi connectivity index (χ2n) is 6.56. The second kappa shape index (κ2) is 8.04. The van der Waals surface area contributed by atoms with Crippen molar-refractivity contribution in [1.82, 2.24) is 14.6 Å². The first-order valence-electron chi connectivity index (χ1n) is 9.22. The van der Waals surface area contributed by atoms with E-state index in [0.717, 1.165) is 0 Å².